The third kappa shape index (κ3) is 5.21. The predicted octanol–water partition coefficient (Wildman–Crippen LogP) is 0.448. The van der Waals surface area contributed by atoms with Gasteiger partial charge in [0.05, 0.1) is 6.04 Å². The monoisotopic (exact) mass is 128 g/mol. The summed E-state index contributed by atoms with van der Waals surface area (Å²) in [7, 11) is 0. The van der Waals surface area contributed by atoms with Gasteiger partial charge in [-0.05, 0) is 20.3 Å². The zero-order valence-electron chi connectivity index (χ0n) is 5.79. The van der Waals surface area contributed by atoms with Gasteiger partial charge in [0, 0.05) is 6.04 Å². The molecule has 52 valence electrons. The number of nitrogens with zero attached hydrogens (tertiary/aromatic N) is 1. The van der Waals surface area contributed by atoms with Crippen LogP contribution < -0.4 is 5.73 Å². The highest BCUT2D eigenvalue weighted by atomic mass is 16.1. The Morgan fingerprint density at radius 1 is 1.67 bits per heavy atom. The molecular weight excluding hydrogens is 116 g/mol. The van der Waals surface area contributed by atoms with Crippen LogP contribution in [0.5, 0.6) is 0 Å². The Morgan fingerprint density at radius 3 is 2.56 bits per heavy atom. The molecule has 0 heterocycles. The van der Waals surface area contributed by atoms with Crippen LogP contribution in [-0.2, 0) is 4.79 Å². The Labute approximate surface area is 55.0 Å². The van der Waals surface area contributed by atoms with Gasteiger partial charge >= 0.3 is 0 Å². The number of hydrogen-bond acceptors (Lipinski definition) is 3. The number of hydrogen-bond donors (Lipinski definition) is 1. The molecule has 0 aliphatic rings. The molecule has 3 heteroatoms. The minimum absolute atomic E-state index is 0.0162. The van der Waals surface area contributed by atoms with Crippen molar-refractivity contribution in [3.63, 3.8) is 0 Å². The van der Waals surface area contributed by atoms with Crippen molar-refractivity contribution in [1.29, 1.82) is 0 Å². The molecular formula is C6H12N2O. The maximum Gasteiger partial charge on any atom is 0.235 e. The Hall–Kier alpha value is -0.660. The molecule has 0 fully saturated rings. The van der Waals surface area contributed by atoms with Crippen LogP contribution >= 0.6 is 0 Å². The van der Waals surface area contributed by atoms with E-state index in [1.165, 1.54) is 6.08 Å². The minimum atomic E-state index is 0.0162. The molecule has 0 aromatic rings. The van der Waals surface area contributed by atoms with Gasteiger partial charge in [-0.15, -0.1) is 0 Å². The average Bonchev–Trinajstić information content (AvgIpc) is 1.63. The molecule has 0 spiro atoms. The fourth-order valence-electron chi connectivity index (χ4n) is 0.681. The molecule has 2 N–H and O–H groups in total. The molecule has 0 radical (unpaired) electrons. The molecule has 3 nitrogen and oxygen atoms in total. The Kier molecular flexibility index (Phi) is 3.93. The van der Waals surface area contributed by atoms with Gasteiger partial charge in [0.25, 0.3) is 0 Å². The summed E-state index contributed by atoms with van der Waals surface area (Å²) in [5.41, 5.74) is 5.43. The third-order valence-corrected chi connectivity index (χ3v) is 0.986. The topological polar surface area (TPSA) is 55.4 Å². The summed E-state index contributed by atoms with van der Waals surface area (Å²) in [6.07, 6.45) is 2.24. The number of nitrogens with two attached hydrogens (primary N) is 1. The lowest BCUT2D eigenvalue weighted by Crippen LogP contribution is -2.19. The summed E-state index contributed by atoms with van der Waals surface area (Å²) < 4.78 is 0. The molecule has 0 saturated carbocycles. The van der Waals surface area contributed by atoms with Gasteiger partial charge in [-0.1, -0.05) is 0 Å². The zero-order chi connectivity index (χ0) is 7.28. The molecule has 0 aliphatic heterocycles. The van der Waals surface area contributed by atoms with Gasteiger partial charge in [0.15, 0.2) is 0 Å². The molecule has 0 amide bonds. The standard InChI is InChI=1S/C6H12N2O/c1-5(7)3-6(2)8-4-9/h5-6H,3,7H2,1-2H3. The highest BCUT2D eigenvalue weighted by Crippen LogP contribution is 1.97. The van der Waals surface area contributed by atoms with E-state index in [9.17, 15) is 4.79 Å². The van der Waals surface area contributed by atoms with Gasteiger partial charge in [-0.25, -0.2) is 9.79 Å². The van der Waals surface area contributed by atoms with Crippen LogP contribution in [-0.4, -0.2) is 18.2 Å². The van der Waals surface area contributed by atoms with E-state index in [0.29, 0.717) is 0 Å². The normalized spacial score (nSPS) is 15.9. The third-order valence-electron chi connectivity index (χ3n) is 0.986. The highest BCUT2D eigenvalue weighted by Gasteiger charge is 2.00. The van der Waals surface area contributed by atoms with Crippen LogP contribution in [0.1, 0.15) is 20.3 Å². The van der Waals surface area contributed by atoms with Gasteiger partial charge in [0.2, 0.25) is 6.08 Å². The first-order valence-electron chi connectivity index (χ1n) is 2.99. The highest BCUT2D eigenvalue weighted by molar-refractivity contribution is 5.33. The fourth-order valence-corrected chi connectivity index (χ4v) is 0.681. The van der Waals surface area contributed by atoms with Crippen LogP contribution in [0.4, 0.5) is 0 Å². The second-order valence-corrected chi connectivity index (χ2v) is 2.28. The molecule has 2 atom stereocenters. The summed E-state index contributed by atoms with van der Waals surface area (Å²) in [4.78, 5) is 13.1. The molecule has 0 saturated heterocycles. The quantitative estimate of drug-likeness (QED) is 0.443. The molecule has 0 rings (SSSR count). The Morgan fingerprint density at radius 2 is 2.22 bits per heavy atom. The summed E-state index contributed by atoms with van der Waals surface area (Å²) >= 11 is 0. The summed E-state index contributed by atoms with van der Waals surface area (Å²) in [6.45, 7) is 3.73. The van der Waals surface area contributed by atoms with Crippen molar-refractivity contribution in [2.24, 2.45) is 10.7 Å². The molecule has 9 heavy (non-hydrogen) atoms. The number of carbonyl (C=O) groups excluding carboxylic acids is 1. The van der Waals surface area contributed by atoms with E-state index in [-0.39, 0.29) is 12.1 Å². The number of isocyanates is 1. The lowest BCUT2D eigenvalue weighted by atomic mass is 10.1. The van der Waals surface area contributed by atoms with Crippen molar-refractivity contribution in [2.45, 2.75) is 32.4 Å². The van der Waals surface area contributed by atoms with Gasteiger partial charge in [0.1, 0.15) is 0 Å². The van der Waals surface area contributed by atoms with Crippen molar-refractivity contribution >= 4 is 6.08 Å². The van der Waals surface area contributed by atoms with Crippen LogP contribution in [0.2, 0.25) is 0 Å². The van der Waals surface area contributed by atoms with E-state index >= 15 is 0 Å². The van der Waals surface area contributed by atoms with Crippen molar-refractivity contribution in [2.75, 3.05) is 0 Å². The van der Waals surface area contributed by atoms with Gasteiger partial charge in [-0.3, -0.25) is 0 Å². The second kappa shape index (κ2) is 4.24. The van der Waals surface area contributed by atoms with Crippen molar-refractivity contribution in [3.8, 4) is 0 Å². The molecule has 0 aromatic heterocycles. The SMILES string of the molecule is CC(N)CC(C)N=C=O. The largest absolute Gasteiger partial charge is 0.328 e. The maximum absolute atomic E-state index is 9.66. The van der Waals surface area contributed by atoms with Crippen LogP contribution in [0.25, 0.3) is 0 Å². The molecule has 0 bridgehead atoms. The summed E-state index contributed by atoms with van der Waals surface area (Å²) in [5, 5.41) is 0. The Bertz CT molecular complexity index is 116. The van der Waals surface area contributed by atoms with Crippen LogP contribution in [0, 0.1) is 0 Å². The van der Waals surface area contributed by atoms with Crippen molar-refractivity contribution < 1.29 is 4.79 Å². The van der Waals surface area contributed by atoms with E-state index in [2.05, 4.69) is 4.99 Å². The van der Waals surface area contributed by atoms with E-state index < -0.39 is 0 Å². The second-order valence-electron chi connectivity index (χ2n) is 2.28. The zero-order valence-corrected chi connectivity index (χ0v) is 5.79. The first kappa shape index (κ1) is 8.34. The van der Waals surface area contributed by atoms with E-state index in [0.717, 1.165) is 6.42 Å². The smallest absolute Gasteiger partial charge is 0.235 e. The molecule has 0 aliphatic carbocycles. The molecule has 0 aromatic carbocycles. The Balaban J connectivity index is 3.49. The predicted molar refractivity (Wildman–Crippen MR) is 35.8 cm³/mol. The number of aliphatic imine (C=N–C) groups is 1. The van der Waals surface area contributed by atoms with Crippen molar-refractivity contribution in [3.05, 3.63) is 0 Å². The van der Waals surface area contributed by atoms with E-state index in [1.54, 1.807) is 0 Å². The van der Waals surface area contributed by atoms with Crippen LogP contribution in [0.3, 0.4) is 0 Å². The lowest BCUT2D eigenvalue weighted by Gasteiger charge is -2.05. The van der Waals surface area contributed by atoms with Gasteiger partial charge in [-0.2, -0.15) is 0 Å². The lowest BCUT2D eigenvalue weighted by molar-refractivity contribution is 0.544. The number of rotatable bonds is 3. The first-order valence-corrected chi connectivity index (χ1v) is 2.99. The van der Waals surface area contributed by atoms with Crippen LogP contribution in [0.15, 0.2) is 4.99 Å². The maximum atomic E-state index is 9.66. The summed E-state index contributed by atoms with van der Waals surface area (Å²) in [6, 6.07) is 0.125. The molecule has 2 unspecified atom stereocenters. The van der Waals surface area contributed by atoms with Gasteiger partial charge < -0.3 is 5.73 Å². The summed E-state index contributed by atoms with van der Waals surface area (Å²) in [5.74, 6) is 0. The minimum Gasteiger partial charge on any atom is -0.328 e. The van der Waals surface area contributed by atoms with E-state index in [4.69, 9.17) is 5.73 Å². The first-order chi connectivity index (χ1) is 4.16. The van der Waals surface area contributed by atoms with E-state index in [1.807, 2.05) is 13.8 Å². The van der Waals surface area contributed by atoms with Crippen molar-refractivity contribution in [1.82, 2.24) is 0 Å². The average molecular weight is 128 g/mol. The fraction of sp³-hybridized carbons (Fsp3) is 0.833.